The molecule has 0 aliphatic heterocycles. The molecule has 4 nitrogen and oxygen atoms in total. The Hall–Kier alpha value is -1.88. The summed E-state index contributed by atoms with van der Waals surface area (Å²) in [6.45, 7) is 6.71. The molecule has 2 aromatic rings. The van der Waals surface area contributed by atoms with E-state index in [4.69, 9.17) is 6.57 Å². The maximum atomic E-state index is 12.8. The van der Waals surface area contributed by atoms with E-state index in [1.165, 1.54) is 12.3 Å². The SMILES string of the molecule is [C-]#[N+]c1cc(C(F)(F)F)n(-c2ccc(Br)cn2)n1. The van der Waals surface area contributed by atoms with Crippen LogP contribution >= 0.6 is 15.9 Å². The molecule has 0 N–H and O–H groups in total. The highest BCUT2D eigenvalue weighted by atomic mass is 79.9. The minimum atomic E-state index is -4.59. The minimum Gasteiger partial charge on any atom is -0.359 e. The Balaban J connectivity index is 2.60. The van der Waals surface area contributed by atoms with Crippen molar-refractivity contribution in [3.63, 3.8) is 0 Å². The largest absolute Gasteiger partial charge is 0.434 e. The lowest BCUT2D eigenvalue weighted by molar-refractivity contribution is -0.142. The Morgan fingerprint density at radius 3 is 2.56 bits per heavy atom. The molecule has 0 spiro atoms. The van der Waals surface area contributed by atoms with Gasteiger partial charge in [0.15, 0.2) is 11.5 Å². The summed E-state index contributed by atoms with van der Waals surface area (Å²) in [5.41, 5.74) is -1.02. The molecule has 0 fully saturated rings. The average molecular weight is 317 g/mol. The van der Waals surface area contributed by atoms with E-state index in [1.54, 1.807) is 6.07 Å². The van der Waals surface area contributed by atoms with Crippen LogP contribution in [0.25, 0.3) is 10.7 Å². The lowest BCUT2D eigenvalue weighted by Crippen LogP contribution is -2.13. The monoisotopic (exact) mass is 316 g/mol. The molecular weight excluding hydrogens is 313 g/mol. The fraction of sp³-hybridized carbons (Fsp3) is 0.100. The summed E-state index contributed by atoms with van der Waals surface area (Å²) in [5.74, 6) is -0.326. The second kappa shape index (κ2) is 4.42. The number of nitrogens with zero attached hydrogens (tertiary/aromatic N) is 4. The van der Waals surface area contributed by atoms with Crippen molar-refractivity contribution in [2.75, 3.05) is 0 Å². The summed E-state index contributed by atoms with van der Waals surface area (Å²) in [5, 5.41) is 3.56. The molecule has 8 heteroatoms. The highest BCUT2D eigenvalue weighted by Gasteiger charge is 2.37. The molecule has 92 valence electrons. The first kappa shape index (κ1) is 12.6. The first-order valence-electron chi connectivity index (χ1n) is 4.58. The standard InChI is InChI=1S/C10H4BrF3N4/c1-15-8-4-7(10(12,13)14)18(17-8)9-3-2-6(11)5-16-9/h2-5H. The number of hydrogen-bond acceptors (Lipinski definition) is 2. The van der Waals surface area contributed by atoms with Gasteiger partial charge in [-0.25, -0.2) is 4.98 Å². The zero-order valence-electron chi connectivity index (χ0n) is 8.61. The van der Waals surface area contributed by atoms with Crippen LogP contribution in [0.1, 0.15) is 5.69 Å². The van der Waals surface area contributed by atoms with Crippen LogP contribution in [0.2, 0.25) is 0 Å². The molecule has 2 rings (SSSR count). The quantitative estimate of drug-likeness (QED) is 0.753. The molecule has 0 amide bonds. The van der Waals surface area contributed by atoms with Crippen molar-refractivity contribution in [3.8, 4) is 5.82 Å². The summed E-state index contributed by atoms with van der Waals surface area (Å²) in [4.78, 5) is 6.71. The van der Waals surface area contributed by atoms with Crippen molar-refractivity contribution in [2.45, 2.75) is 6.18 Å². The molecule has 2 heterocycles. The predicted octanol–water partition coefficient (Wildman–Crippen LogP) is 3.60. The molecule has 0 radical (unpaired) electrons. The van der Waals surface area contributed by atoms with Crippen LogP contribution in [0.4, 0.5) is 19.0 Å². The fourth-order valence-corrected chi connectivity index (χ4v) is 1.53. The summed E-state index contributed by atoms with van der Waals surface area (Å²) >= 11 is 3.13. The number of rotatable bonds is 1. The van der Waals surface area contributed by atoms with E-state index in [0.29, 0.717) is 15.2 Å². The van der Waals surface area contributed by atoms with Crippen molar-refractivity contribution in [1.29, 1.82) is 0 Å². The Kier molecular flexibility index (Phi) is 3.09. The first-order valence-corrected chi connectivity index (χ1v) is 5.38. The summed E-state index contributed by atoms with van der Waals surface area (Å²) < 4.78 is 39.5. The molecule has 0 saturated carbocycles. The third-order valence-corrected chi connectivity index (χ3v) is 2.50. The predicted molar refractivity (Wildman–Crippen MR) is 60.3 cm³/mol. The van der Waals surface area contributed by atoms with Crippen LogP contribution in [0.5, 0.6) is 0 Å². The Morgan fingerprint density at radius 2 is 2.06 bits per heavy atom. The van der Waals surface area contributed by atoms with Gasteiger partial charge in [0.25, 0.3) is 5.82 Å². The van der Waals surface area contributed by atoms with Crippen LogP contribution < -0.4 is 0 Å². The van der Waals surface area contributed by atoms with Crippen molar-refractivity contribution < 1.29 is 13.2 Å². The van der Waals surface area contributed by atoms with Crippen molar-refractivity contribution in [3.05, 3.63) is 46.0 Å². The topological polar surface area (TPSA) is 35.1 Å². The van der Waals surface area contributed by atoms with E-state index in [9.17, 15) is 13.2 Å². The highest BCUT2D eigenvalue weighted by Crippen LogP contribution is 2.33. The van der Waals surface area contributed by atoms with Crippen molar-refractivity contribution >= 4 is 21.7 Å². The molecule has 2 aromatic heterocycles. The van der Waals surface area contributed by atoms with E-state index in [0.717, 1.165) is 0 Å². The number of halogens is 4. The summed E-state index contributed by atoms with van der Waals surface area (Å²) in [7, 11) is 0. The highest BCUT2D eigenvalue weighted by molar-refractivity contribution is 9.10. The molecule has 0 aliphatic rings. The van der Waals surface area contributed by atoms with Gasteiger partial charge in [-0.15, -0.1) is 4.68 Å². The smallest absolute Gasteiger partial charge is 0.359 e. The Morgan fingerprint density at radius 1 is 1.33 bits per heavy atom. The number of hydrogen-bond donors (Lipinski definition) is 0. The van der Waals surface area contributed by atoms with Gasteiger partial charge in [0.2, 0.25) is 0 Å². The van der Waals surface area contributed by atoms with Crippen LogP contribution in [0.3, 0.4) is 0 Å². The first-order chi connectivity index (χ1) is 8.41. The second-order valence-electron chi connectivity index (χ2n) is 3.24. The molecule has 0 atom stereocenters. The van der Waals surface area contributed by atoms with E-state index >= 15 is 0 Å². The summed E-state index contributed by atoms with van der Waals surface area (Å²) in [6.07, 6.45) is -3.24. The fourth-order valence-electron chi connectivity index (χ4n) is 1.29. The van der Waals surface area contributed by atoms with E-state index < -0.39 is 11.9 Å². The molecule has 0 saturated heterocycles. The third kappa shape index (κ3) is 2.36. The van der Waals surface area contributed by atoms with Gasteiger partial charge >= 0.3 is 6.18 Å². The minimum absolute atomic E-state index is 0.000394. The van der Waals surface area contributed by atoms with E-state index in [1.807, 2.05) is 0 Å². The van der Waals surface area contributed by atoms with Gasteiger partial charge in [-0.05, 0) is 39.2 Å². The zero-order chi connectivity index (χ0) is 13.3. The van der Waals surface area contributed by atoms with Gasteiger partial charge in [0.1, 0.15) is 0 Å². The van der Waals surface area contributed by atoms with Gasteiger partial charge in [-0.3, -0.25) is 0 Å². The Labute approximate surface area is 108 Å². The van der Waals surface area contributed by atoms with Crippen LogP contribution in [0, 0.1) is 6.57 Å². The maximum absolute atomic E-state index is 12.8. The molecular formula is C10H4BrF3N4. The second-order valence-corrected chi connectivity index (χ2v) is 4.16. The number of pyridine rings is 1. The summed E-state index contributed by atoms with van der Waals surface area (Å²) in [6, 6.07) is 3.61. The van der Waals surface area contributed by atoms with Crippen molar-refractivity contribution in [2.24, 2.45) is 0 Å². The average Bonchev–Trinajstić information content (AvgIpc) is 2.74. The maximum Gasteiger partial charge on any atom is 0.434 e. The van der Waals surface area contributed by atoms with Gasteiger partial charge < -0.3 is 4.85 Å². The van der Waals surface area contributed by atoms with Crippen LogP contribution in [-0.2, 0) is 6.18 Å². The number of aromatic nitrogens is 3. The van der Waals surface area contributed by atoms with E-state index in [2.05, 4.69) is 30.9 Å². The molecule has 0 bridgehead atoms. The lowest BCUT2D eigenvalue weighted by Gasteiger charge is -2.06. The third-order valence-electron chi connectivity index (χ3n) is 2.03. The van der Waals surface area contributed by atoms with Crippen molar-refractivity contribution in [1.82, 2.24) is 14.8 Å². The van der Waals surface area contributed by atoms with Gasteiger partial charge in [-0.2, -0.15) is 13.2 Å². The normalized spacial score (nSPS) is 11.3. The van der Waals surface area contributed by atoms with E-state index in [-0.39, 0.29) is 11.6 Å². The molecule has 18 heavy (non-hydrogen) atoms. The zero-order valence-corrected chi connectivity index (χ0v) is 10.2. The van der Waals surface area contributed by atoms with Crippen LogP contribution in [0.15, 0.2) is 28.9 Å². The van der Waals surface area contributed by atoms with Crippen LogP contribution in [-0.4, -0.2) is 14.8 Å². The Bertz CT molecular complexity index is 610. The lowest BCUT2D eigenvalue weighted by atomic mass is 10.4. The van der Waals surface area contributed by atoms with Gasteiger partial charge in [0, 0.05) is 10.7 Å². The number of alkyl halides is 3. The van der Waals surface area contributed by atoms with Gasteiger partial charge in [0.05, 0.1) is 0 Å². The molecule has 0 aromatic carbocycles. The molecule has 0 aliphatic carbocycles. The van der Waals surface area contributed by atoms with Gasteiger partial charge in [-0.1, -0.05) is 6.57 Å². The molecule has 0 unspecified atom stereocenters.